The number of ether oxygens (including phenoxy) is 2. The van der Waals surface area contributed by atoms with Crippen LogP contribution in [0.3, 0.4) is 0 Å². The van der Waals surface area contributed by atoms with E-state index in [1.807, 2.05) is 19.1 Å². The van der Waals surface area contributed by atoms with Crippen LogP contribution in [0.5, 0.6) is 5.75 Å². The Morgan fingerprint density at radius 3 is 2.75 bits per heavy atom. The second-order valence-corrected chi connectivity index (χ2v) is 7.33. The second kappa shape index (κ2) is 13.4. The van der Waals surface area contributed by atoms with Crippen molar-refractivity contribution < 1.29 is 9.47 Å². The molecule has 0 radical (unpaired) electrons. The molecule has 0 saturated carbocycles. The van der Waals surface area contributed by atoms with Crippen molar-refractivity contribution in [1.82, 2.24) is 15.5 Å². The summed E-state index contributed by atoms with van der Waals surface area (Å²) in [5.74, 6) is 2.46. The Morgan fingerprint density at radius 2 is 2.04 bits per heavy atom. The van der Waals surface area contributed by atoms with Gasteiger partial charge >= 0.3 is 0 Å². The van der Waals surface area contributed by atoms with Crippen LogP contribution < -0.4 is 15.4 Å². The van der Waals surface area contributed by atoms with Crippen molar-refractivity contribution in [2.24, 2.45) is 10.9 Å². The van der Waals surface area contributed by atoms with Crippen molar-refractivity contribution in [3.8, 4) is 5.75 Å². The molecule has 0 amide bonds. The Kier molecular flexibility index (Phi) is 10.8. The van der Waals surface area contributed by atoms with E-state index in [-0.39, 0.29) is 0 Å². The van der Waals surface area contributed by atoms with Crippen molar-refractivity contribution in [2.75, 3.05) is 53.0 Å². The Morgan fingerprint density at radius 1 is 1.21 bits per heavy atom. The number of hydrogen-bond acceptors (Lipinski definition) is 4. The summed E-state index contributed by atoms with van der Waals surface area (Å²) in [6.07, 6.45) is 3.48. The Hall–Kier alpha value is -1.79. The first-order valence-corrected chi connectivity index (χ1v) is 10.7. The normalized spacial score (nSPS) is 17.7. The Bertz CT molecular complexity index is 562. The SMILES string of the molecule is CCCN1CCC(CNC(=NCc2ccc(OC)cc2)NCCCOCC)C1. The number of benzene rings is 1. The number of hydrogen-bond donors (Lipinski definition) is 2. The van der Waals surface area contributed by atoms with Crippen LogP contribution in [0, 0.1) is 5.92 Å². The summed E-state index contributed by atoms with van der Waals surface area (Å²) in [6, 6.07) is 8.09. The summed E-state index contributed by atoms with van der Waals surface area (Å²) in [5, 5.41) is 7.01. The van der Waals surface area contributed by atoms with Gasteiger partial charge in [-0.3, -0.25) is 0 Å². The van der Waals surface area contributed by atoms with Gasteiger partial charge < -0.3 is 25.0 Å². The van der Waals surface area contributed by atoms with Gasteiger partial charge in [0, 0.05) is 32.8 Å². The molecule has 1 atom stereocenters. The van der Waals surface area contributed by atoms with Crippen LogP contribution in [0.1, 0.15) is 38.7 Å². The van der Waals surface area contributed by atoms with Gasteiger partial charge in [-0.05, 0) is 62.9 Å². The monoisotopic (exact) mass is 390 g/mol. The molecular formula is C22H38N4O2. The fourth-order valence-corrected chi connectivity index (χ4v) is 3.44. The summed E-state index contributed by atoms with van der Waals surface area (Å²) in [5.41, 5.74) is 1.17. The number of rotatable bonds is 12. The van der Waals surface area contributed by atoms with E-state index in [0.717, 1.165) is 44.4 Å². The number of methoxy groups -OCH3 is 1. The molecule has 1 saturated heterocycles. The highest BCUT2D eigenvalue weighted by Gasteiger charge is 2.21. The Balaban J connectivity index is 1.84. The van der Waals surface area contributed by atoms with E-state index in [9.17, 15) is 0 Å². The molecular weight excluding hydrogens is 352 g/mol. The van der Waals surface area contributed by atoms with Crippen LogP contribution in [0.15, 0.2) is 29.3 Å². The molecule has 1 aliphatic heterocycles. The first kappa shape index (κ1) is 22.5. The average molecular weight is 391 g/mol. The molecule has 0 aliphatic carbocycles. The third kappa shape index (κ3) is 8.48. The van der Waals surface area contributed by atoms with Gasteiger partial charge in [0.2, 0.25) is 0 Å². The highest BCUT2D eigenvalue weighted by molar-refractivity contribution is 5.79. The minimum absolute atomic E-state index is 0.650. The predicted molar refractivity (Wildman–Crippen MR) is 116 cm³/mol. The van der Waals surface area contributed by atoms with E-state index in [1.165, 1.54) is 38.0 Å². The lowest BCUT2D eigenvalue weighted by molar-refractivity contribution is 0.145. The lowest BCUT2D eigenvalue weighted by atomic mass is 10.1. The molecule has 0 bridgehead atoms. The average Bonchev–Trinajstić information content (AvgIpc) is 3.17. The topological polar surface area (TPSA) is 58.1 Å². The molecule has 0 spiro atoms. The molecule has 1 aromatic carbocycles. The fraction of sp³-hybridized carbons (Fsp3) is 0.682. The molecule has 158 valence electrons. The highest BCUT2D eigenvalue weighted by atomic mass is 16.5. The van der Waals surface area contributed by atoms with E-state index in [2.05, 4.69) is 34.6 Å². The zero-order chi connectivity index (χ0) is 20.0. The summed E-state index contributed by atoms with van der Waals surface area (Å²) in [6.45, 7) is 11.9. The molecule has 2 N–H and O–H groups in total. The number of guanidine groups is 1. The maximum Gasteiger partial charge on any atom is 0.191 e. The van der Waals surface area contributed by atoms with E-state index in [4.69, 9.17) is 14.5 Å². The van der Waals surface area contributed by atoms with Crippen LogP contribution in [0.25, 0.3) is 0 Å². The van der Waals surface area contributed by atoms with Gasteiger partial charge in [0.05, 0.1) is 13.7 Å². The standard InChI is InChI=1S/C22H38N4O2/c1-4-13-26-14-11-20(18-26)17-25-22(23-12-6-15-28-5-2)24-16-19-7-9-21(27-3)10-8-19/h7-10,20H,4-6,11-18H2,1-3H3,(H2,23,24,25). The maximum atomic E-state index is 5.42. The lowest BCUT2D eigenvalue weighted by Gasteiger charge is -2.17. The first-order valence-electron chi connectivity index (χ1n) is 10.7. The summed E-state index contributed by atoms with van der Waals surface area (Å²) in [7, 11) is 1.69. The van der Waals surface area contributed by atoms with E-state index >= 15 is 0 Å². The minimum Gasteiger partial charge on any atom is -0.497 e. The maximum absolute atomic E-state index is 5.42. The van der Waals surface area contributed by atoms with E-state index in [0.29, 0.717) is 12.5 Å². The van der Waals surface area contributed by atoms with Crippen molar-refractivity contribution >= 4 is 5.96 Å². The Labute approximate surface area is 170 Å². The summed E-state index contributed by atoms with van der Waals surface area (Å²) < 4.78 is 10.7. The number of aliphatic imine (C=N–C) groups is 1. The third-order valence-corrected chi connectivity index (χ3v) is 5.01. The lowest BCUT2D eigenvalue weighted by Crippen LogP contribution is -2.41. The smallest absolute Gasteiger partial charge is 0.191 e. The van der Waals surface area contributed by atoms with Gasteiger partial charge in [0.25, 0.3) is 0 Å². The number of likely N-dealkylation sites (tertiary alicyclic amines) is 1. The molecule has 6 heteroatoms. The van der Waals surface area contributed by atoms with Crippen molar-refractivity contribution in [1.29, 1.82) is 0 Å². The second-order valence-electron chi connectivity index (χ2n) is 7.33. The molecule has 0 aromatic heterocycles. The molecule has 1 aliphatic rings. The van der Waals surface area contributed by atoms with Crippen LogP contribution in [-0.4, -0.2) is 63.9 Å². The van der Waals surface area contributed by atoms with E-state index in [1.54, 1.807) is 7.11 Å². The molecule has 1 heterocycles. The van der Waals surface area contributed by atoms with Gasteiger partial charge in [-0.1, -0.05) is 19.1 Å². The van der Waals surface area contributed by atoms with Gasteiger partial charge in [-0.25, -0.2) is 4.99 Å². The minimum atomic E-state index is 0.650. The van der Waals surface area contributed by atoms with Crippen LogP contribution >= 0.6 is 0 Å². The molecule has 1 unspecified atom stereocenters. The molecule has 28 heavy (non-hydrogen) atoms. The largest absolute Gasteiger partial charge is 0.497 e. The summed E-state index contributed by atoms with van der Waals surface area (Å²) >= 11 is 0. The third-order valence-electron chi connectivity index (χ3n) is 5.01. The van der Waals surface area contributed by atoms with Gasteiger partial charge in [0.1, 0.15) is 5.75 Å². The van der Waals surface area contributed by atoms with Gasteiger partial charge in [-0.15, -0.1) is 0 Å². The zero-order valence-electron chi connectivity index (χ0n) is 17.9. The first-order chi connectivity index (χ1) is 13.7. The molecule has 1 fully saturated rings. The zero-order valence-corrected chi connectivity index (χ0v) is 17.9. The molecule has 2 rings (SSSR count). The van der Waals surface area contributed by atoms with Crippen molar-refractivity contribution in [3.05, 3.63) is 29.8 Å². The highest BCUT2D eigenvalue weighted by Crippen LogP contribution is 2.15. The van der Waals surface area contributed by atoms with Crippen LogP contribution in [0.4, 0.5) is 0 Å². The van der Waals surface area contributed by atoms with Crippen LogP contribution in [-0.2, 0) is 11.3 Å². The summed E-state index contributed by atoms with van der Waals surface area (Å²) in [4.78, 5) is 7.35. The number of nitrogens with one attached hydrogen (secondary N) is 2. The molecule has 1 aromatic rings. The predicted octanol–water partition coefficient (Wildman–Crippen LogP) is 2.89. The van der Waals surface area contributed by atoms with Gasteiger partial charge in [-0.2, -0.15) is 0 Å². The fourth-order valence-electron chi connectivity index (χ4n) is 3.44. The molecule has 6 nitrogen and oxygen atoms in total. The van der Waals surface area contributed by atoms with Crippen molar-refractivity contribution in [2.45, 2.75) is 39.7 Å². The van der Waals surface area contributed by atoms with Gasteiger partial charge in [0.15, 0.2) is 5.96 Å². The number of nitrogens with zero attached hydrogens (tertiary/aromatic N) is 2. The quantitative estimate of drug-likeness (QED) is 0.326. The van der Waals surface area contributed by atoms with Crippen molar-refractivity contribution in [3.63, 3.8) is 0 Å². The van der Waals surface area contributed by atoms with E-state index < -0.39 is 0 Å². The van der Waals surface area contributed by atoms with Crippen LogP contribution in [0.2, 0.25) is 0 Å².